The van der Waals surface area contributed by atoms with E-state index in [9.17, 15) is 18.4 Å². The molecule has 0 atom stereocenters. The van der Waals surface area contributed by atoms with Gasteiger partial charge in [0, 0.05) is 12.7 Å². The molecule has 0 unspecified atom stereocenters. The van der Waals surface area contributed by atoms with Crippen LogP contribution in [0.3, 0.4) is 0 Å². The molecule has 1 aliphatic carbocycles. The topological polar surface area (TPSA) is 64.2 Å². The molecule has 1 fully saturated rings. The van der Waals surface area contributed by atoms with Crippen LogP contribution >= 0.6 is 0 Å². The average molecular weight is 420 g/mol. The van der Waals surface area contributed by atoms with Crippen LogP contribution in [-0.4, -0.2) is 10.5 Å². The molecule has 156 valence electrons. The first-order valence-electron chi connectivity index (χ1n) is 9.91. The molecule has 4 aromatic rings. The lowest BCUT2D eigenvalue weighted by atomic mass is 9.96. The van der Waals surface area contributed by atoms with Gasteiger partial charge in [-0.25, -0.2) is 13.6 Å². The number of anilines is 1. The minimum Gasteiger partial charge on any atom is -0.408 e. The van der Waals surface area contributed by atoms with Crippen LogP contribution in [0.15, 0.2) is 63.8 Å². The molecule has 1 saturated carbocycles. The number of aromatic nitrogens is 1. The van der Waals surface area contributed by atoms with Crippen LogP contribution in [-0.2, 0) is 7.05 Å². The molecule has 0 saturated heterocycles. The highest BCUT2D eigenvalue weighted by atomic mass is 19.1. The number of halogens is 2. The summed E-state index contributed by atoms with van der Waals surface area (Å²) >= 11 is 0. The molecule has 0 radical (unpaired) electrons. The van der Waals surface area contributed by atoms with Crippen LogP contribution in [0.25, 0.3) is 22.2 Å². The second-order valence-corrected chi connectivity index (χ2v) is 7.74. The van der Waals surface area contributed by atoms with Gasteiger partial charge in [-0.15, -0.1) is 0 Å². The number of amides is 1. The zero-order chi connectivity index (χ0) is 21.7. The highest BCUT2D eigenvalue weighted by Crippen LogP contribution is 2.45. The van der Waals surface area contributed by atoms with Crippen molar-refractivity contribution in [3.63, 3.8) is 0 Å². The summed E-state index contributed by atoms with van der Waals surface area (Å²) in [5, 5.41) is 2.53. The number of aryl methyl sites for hydroxylation is 1. The van der Waals surface area contributed by atoms with Crippen LogP contribution in [0.4, 0.5) is 14.5 Å². The Morgan fingerprint density at radius 2 is 1.74 bits per heavy atom. The number of nitrogens with one attached hydrogen (secondary N) is 1. The van der Waals surface area contributed by atoms with Gasteiger partial charge in [-0.1, -0.05) is 18.2 Å². The van der Waals surface area contributed by atoms with Crippen molar-refractivity contribution in [1.82, 2.24) is 4.57 Å². The molecule has 0 bridgehead atoms. The number of rotatable bonds is 4. The summed E-state index contributed by atoms with van der Waals surface area (Å²) in [5.41, 5.74) is 4.09. The van der Waals surface area contributed by atoms with Crippen molar-refractivity contribution in [2.45, 2.75) is 18.8 Å². The molecule has 7 heteroatoms. The smallest absolute Gasteiger partial charge is 0.408 e. The summed E-state index contributed by atoms with van der Waals surface area (Å²) in [4.78, 5) is 24.2. The number of hydrogen-bond donors (Lipinski definition) is 1. The SMILES string of the molecule is Cn1c(=O)oc2cc(C3CC3)c(-c3ccc(NC(=O)c4c(F)cccc4F)cc3)cc21. The van der Waals surface area contributed by atoms with Crippen molar-refractivity contribution in [2.75, 3.05) is 5.32 Å². The Bertz CT molecular complexity index is 1360. The van der Waals surface area contributed by atoms with Crippen molar-refractivity contribution in [2.24, 2.45) is 7.05 Å². The van der Waals surface area contributed by atoms with Gasteiger partial charge in [0.25, 0.3) is 5.91 Å². The fourth-order valence-electron chi connectivity index (χ4n) is 3.81. The predicted molar refractivity (Wildman–Crippen MR) is 113 cm³/mol. The van der Waals surface area contributed by atoms with Crippen molar-refractivity contribution in [3.05, 3.63) is 87.9 Å². The maximum Gasteiger partial charge on any atom is 0.419 e. The maximum atomic E-state index is 13.8. The van der Waals surface area contributed by atoms with E-state index in [2.05, 4.69) is 5.32 Å². The Morgan fingerprint density at radius 3 is 2.39 bits per heavy atom. The summed E-state index contributed by atoms with van der Waals surface area (Å²) < 4.78 is 34.5. The van der Waals surface area contributed by atoms with E-state index < -0.39 is 28.9 Å². The number of benzene rings is 3. The second kappa shape index (κ2) is 7.19. The van der Waals surface area contributed by atoms with Gasteiger partial charge in [0.05, 0.1) is 5.52 Å². The van der Waals surface area contributed by atoms with Gasteiger partial charge < -0.3 is 9.73 Å². The van der Waals surface area contributed by atoms with Crippen molar-refractivity contribution < 1.29 is 18.0 Å². The number of oxazole rings is 1. The van der Waals surface area contributed by atoms with E-state index in [1.165, 1.54) is 10.6 Å². The van der Waals surface area contributed by atoms with Crippen LogP contribution < -0.4 is 11.1 Å². The van der Waals surface area contributed by atoms with Crippen molar-refractivity contribution in [3.8, 4) is 11.1 Å². The highest BCUT2D eigenvalue weighted by Gasteiger charge is 2.28. The largest absolute Gasteiger partial charge is 0.419 e. The molecular formula is C24H18F2N2O3. The van der Waals surface area contributed by atoms with Gasteiger partial charge in [-0.3, -0.25) is 9.36 Å². The molecule has 1 aliphatic rings. The fourth-order valence-corrected chi connectivity index (χ4v) is 3.81. The lowest BCUT2D eigenvalue weighted by Crippen LogP contribution is -2.15. The molecule has 0 aliphatic heterocycles. The molecule has 1 N–H and O–H groups in total. The number of hydrogen-bond acceptors (Lipinski definition) is 3. The maximum absolute atomic E-state index is 13.8. The zero-order valence-corrected chi connectivity index (χ0v) is 16.6. The van der Waals surface area contributed by atoms with Crippen LogP contribution in [0, 0.1) is 11.6 Å². The van der Waals surface area contributed by atoms with Gasteiger partial charge in [0.2, 0.25) is 0 Å². The van der Waals surface area contributed by atoms with E-state index in [0.717, 1.165) is 41.7 Å². The minimum atomic E-state index is -0.915. The van der Waals surface area contributed by atoms with Gasteiger partial charge in [0.15, 0.2) is 5.58 Å². The van der Waals surface area contributed by atoms with Crippen molar-refractivity contribution in [1.29, 1.82) is 0 Å². The predicted octanol–water partition coefficient (Wildman–Crippen LogP) is 5.21. The number of nitrogens with zero attached hydrogens (tertiary/aromatic N) is 1. The monoisotopic (exact) mass is 420 g/mol. The number of carbonyl (C=O) groups is 1. The molecule has 5 rings (SSSR count). The Hall–Kier alpha value is -3.74. The van der Waals surface area contributed by atoms with E-state index in [4.69, 9.17) is 4.42 Å². The summed E-state index contributed by atoms with van der Waals surface area (Å²) in [6.45, 7) is 0. The summed E-state index contributed by atoms with van der Waals surface area (Å²) in [7, 11) is 1.66. The van der Waals surface area contributed by atoms with E-state index in [1.807, 2.05) is 24.3 Å². The van der Waals surface area contributed by atoms with E-state index in [0.29, 0.717) is 22.7 Å². The van der Waals surface area contributed by atoms with E-state index >= 15 is 0 Å². The summed E-state index contributed by atoms with van der Waals surface area (Å²) in [6.07, 6.45) is 2.16. The standard InChI is InChI=1S/C24H18F2N2O3/c1-28-20-11-16(17(13-5-6-13)12-21(20)31-24(28)30)14-7-9-15(10-8-14)27-23(29)22-18(25)3-2-4-19(22)26/h2-4,7-13H,5-6H2,1H3,(H,27,29). The van der Waals surface area contributed by atoms with Crippen LogP contribution in [0.5, 0.6) is 0 Å². The second-order valence-electron chi connectivity index (χ2n) is 7.74. The summed E-state index contributed by atoms with van der Waals surface area (Å²) in [5.74, 6) is -2.66. The first kappa shape index (κ1) is 19.2. The Labute approximate surface area is 175 Å². The van der Waals surface area contributed by atoms with Gasteiger partial charge >= 0.3 is 5.76 Å². The van der Waals surface area contributed by atoms with Gasteiger partial charge in [-0.05, 0) is 71.8 Å². The number of fused-ring (bicyclic) bond motifs is 1. The first-order valence-corrected chi connectivity index (χ1v) is 9.91. The van der Waals surface area contributed by atoms with Crippen LogP contribution in [0.1, 0.15) is 34.7 Å². The molecular weight excluding hydrogens is 402 g/mol. The molecule has 1 aromatic heterocycles. The zero-order valence-electron chi connectivity index (χ0n) is 16.6. The van der Waals surface area contributed by atoms with E-state index in [-0.39, 0.29) is 0 Å². The minimum absolute atomic E-state index is 0.410. The molecule has 3 aromatic carbocycles. The fraction of sp³-hybridized carbons (Fsp3) is 0.167. The van der Waals surface area contributed by atoms with Gasteiger partial charge in [-0.2, -0.15) is 0 Å². The third kappa shape index (κ3) is 3.42. The Morgan fingerprint density at radius 1 is 1.06 bits per heavy atom. The molecule has 5 nitrogen and oxygen atoms in total. The highest BCUT2D eigenvalue weighted by molar-refractivity contribution is 6.04. The Kier molecular flexibility index (Phi) is 4.46. The van der Waals surface area contributed by atoms with Gasteiger partial charge in [0.1, 0.15) is 17.2 Å². The van der Waals surface area contributed by atoms with Crippen LogP contribution in [0.2, 0.25) is 0 Å². The molecule has 1 amide bonds. The molecule has 31 heavy (non-hydrogen) atoms. The summed E-state index contributed by atoms with van der Waals surface area (Å²) in [6, 6.07) is 14.2. The lowest BCUT2D eigenvalue weighted by molar-refractivity contribution is 0.101. The third-order valence-electron chi connectivity index (χ3n) is 5.62. The third-order valence-corrected chi connectivity index (χ3v) is 5.62. The average Bonchev–Trinajstić information content (AvgIpc) is 3.55. The quantitative estimate of drug-likeness (QED) is 0.493. The number of carbonyl (C=O) groups excluding carboxylic acids is 1. The van der Waals surface area contributed by atoms with E-state index in [1.54, 1.807) is 19.2 Å². The lowest BCUT2D eigenvalue weighted by Gasteiger charge is -2.11. The first-order chi connectivity index (χ1) is 14.9. The Balaban J connectivity index is 1.48. The van der Waals surface area contributed by atoms with Crippen molar-refractivity contribution >= 4 is 22.7 Å². The molecule has 1 heterocycles. The normalized spacial score (nSPS) is 13.5. The molecule has 0 spiro atoms.